The van der Waals surface area contributed by atoms with E-state index in [0.29, 0.717) is 26.2 Å². The van der Waals surface area contributed by atoms with Gasteiger partial charge in [-0.05, 0) is 36.1 Å². The molecule has 1 saturated heterocycles. The molecule has 2 N–H and O–H groups in total. The standard InChI is InChI=1S/C22H30N4O3S.HI/c1-26(2)22(23-15-18-7-4-3-5-8-18)24-16-19-10-12-21(13-11-19)30(27,28)25-17-20-9-6-14-29-20;/h3-5,7-8,10-13,20,25H,6,9,14-17H2,1-2H3,(H,23,24);1H. The number of aliphatic imine (C=N–C) groups is 1. The number of hydrogen-bond acceptors (Lipinski definition) is 4. The van der Waals surface area contributed by atoms with Crippen LogP contribution in [-0.4, -0.2) is 52.6 Å². The monoisotopic (exact) mass is 558 g/mol. The van der Waals surface area contributed by atoms with Crippen molar-refractivity contribution in [3.63, 3.8) is 0 Å². The van der Waals surface area contributed by atoms with Crippen molar-refractivity contribution in [2.75, 3.05) is 27.2 Å². The van der Waals surface area contributed by atoms with Gasteiger partial charge in [0, 0.05) is 33.8 Å². The summed E-state index contributed by atoms with van der Waals surface area (Å²) in [6.45, 7) is 2.16. The second kappa shape index (κ2) is 12.4. The summed E-state index contributed by atoms with van der Waals surface area (Å²) in [6.07, 6.45) is 1.85. The Labute approximate surface area is 202 Å². The first-order chi connectivity index (χ1) is 14.4. The summed E-state index contributed by atoms with van der Waals surface area (Å²) in [5.74, 6) is 0.772. The lowest BCUT2D eigenvalue weighted by molar-refractivity contribution is 0.114. The minimum atomic E-state index is -3.53. The molecule has 1 aliphatic rings. The molecular formula is C22H31IN4O3S. The lowest BCUT2D eigenvalue weighted by Gasteiger charge is -2.18. The maximum atomic E-state index is 12.5. The molecule has 1 heterocycles. The lowest BCUT2D eigenvalue weighted by Crippen LogP contribution is -2.36. The van der Waals surface area contributed by atoms with E-state index in [4.69, 9.17) is 4.74 Å². The van der Waals surface area contributed by atoms with E-state index in [1.165, 1.54) is 0 Å². The number of rotatable bonds is 8. The van der Waals surface area contributed by atoms with Crippen LogP contribution in [0.2, 0.25) is 0 Å². The number of nitrogens with zero attached hydrogens (tertiary/aromatic N) is 2. The predicted octanol–water partition coefficient (Wildman–Crippen LogP) is 2.97. The van der Waals surface area contributed by atoms with Crippen LogP contribution in [0.25, 0.3) is 0 Å². The Morgan fingerprint density at radius 3 is 2.42 bits per heavy atom. The minimum Gasteiger partial charge on any atom is -0.377 e. The summed E-state index contributed by atoms with van der Waals surface area (Å²) >= 11 is 0. The highest BCUT2D eigenvalue weighted by atomic mass is 127. The van der Waals surface area contributed by atoms with Gasteiger partial charge in [0.2, 0.25) is 10.0 Å². The molecule has 3 rings (SSSR count). The Hall–Kier alpha value is -1.69. The van der Waals surface area contributed by atoms with E-state index in [-0.39, 0.29) is 35.0 Å². The van der Waals surface area contributed by atoms with Gasteiger partial charge in [0.05, 0.1) is 17.5 Å². The zero-order chi connectivity index (χ0) is 21.4. The van der Waals surface area contributed by atoms with Crippen molar-refractivity contribution >= 4 is 40.0 Å². The number of nitrogens with one attached hydrogen (secondary N) is 2. The molecule has 0 bridgehead atoms. The van der Waals surface area contributed by atoms with E-state index in [9.17, 15) is 8.42 Å². The largest absolute Gasteiger partial charge is 0.377 e. The van der Waals surface area contributed by atoms with Crippen LogP contribution in [0.5, 0.6) is 0 Å². The van der Waals surface area contributed by atoms with Crippen molar-refractivity contribution in [2.45, 2.75) is 36.9 Å². The summed E-state index contributed by atoms with van der Waals surface area (Å²) in [7, 11) is 0.343. The van der Waals surface area contributed by atoms with Gasteiger partial charge >= 0.3 is 0 Å². The smallest absolute Gasteiger partial charge is 0.240 e. The van der Waals surface area contributed by atoms with Crippen LogP contribution in [0.3, 0.4) is 0 Å². The van der Waals surface area contributed by atoms with E-state index in [1.807, 2.05) is 61.5 Å². The van der Waals surface area contributed by atoms with Gasteiger partial charge in [-0.1, -0.05) is 42.5 Å². The Morgan fingerprint density at radius 2 is 1.81 bits per heavy atom. The van der Waals surface area contributed by atoms with E-state index < -0.39 is 10.0 Å². The first kappa shape index (κ1) is 25.6. The molecule has 0 amide bonds. The first-order valence-corrected chi connectivity index (χ1v) is 11.6. The number of benzene rings is 2. The van der Waals surface area contributed by atoms with E-state index in [0.717, 1.165) is 29.9 Å². The lowest BCUT2D eigenvalue weighted by atomic mass is 10.2. The van der Waals surface area contributed by atoms with E-state index in [2.05, 4.69) is 15.0 Å². The molecule has 1 unspecified atom stereocenters. The van der Waals surface area contributed by atoms with Crippen LogP contribution in [-0.2, 0) is 27.8 Å². The molecule has 170 valence electrons. The van der Waals surface area contributed by atoms with Gasteiger partial charge in [0.1, 0.15) is 0 Å². The number of sulfonamides is 1. The molecule has 7 nitrogen and oxygen atoms in total. The third-order valence-corrected chi connectivity index (χ3v) is 6.33. The second-order valence-electron chi connectivity index (χ2n) is 7.50. The Bertz CT molecular complexity index is 929. The molecular weight excluding hydrogens is 527 g/mol. The van der Waals surface area contributed by atoms with Crippen molar-refractivity contribution in [2.24, 2.45) is 4.99 Å². The third-order valence-electron chi connectivity index (χ3n) is 4.89. The molecule has 31 heavy (non-hydrogen) atoms. The van der Waals surface area contributed by atoms with Gasteiger partial charge in [-0.3, -0.25) is 0 Å². The summed E-state index contributed by atoms with van der Waals surface area (Å²) in [5.41, 5.74) is 2.12. The summed E-state index contributed by atoms with van der Waals surface area (Å²) in [6, 6.07) is 17.0. The maximum Gasteiger partial charge on any atom is 0.240 e. The van der Waals surface area contributed by atoms with E-state index in [1.54, 1.807) is 12.1 Å². The summed E-state index contributed by atoms with van der Waals surface area (Å²) in [4.78, 5) is 6.83. The molecule has 0 aliphatic carbocycles. The Morgan fingerprint density at radius 1 is 1.10 bits per heavy atom. The van der Waals surface area contributed by atoms with Gasteiger partial charge in [-0.15, -0.1) is 24.0 Å². The molecule has 0 radical (unpaired) electrons. The highest BCUT2D eigenvalue weighted by molar-refractivity contribution is 14.0. The number of ether oxygens (including phenoxy) is 1. The first-order valence-electron chi connectivity index (χ1n) is 10.1. The van der Waals surface area contributed by atoms with Crippen LogP contribution in [0, 0.1) is 0 Å². The zero-order valence-corrected chi connectivity index (χ0v) is 21.1. The average Bonchev–Trinajstić information content (AvgIpc) is 3.27. The molecule has 9 heteroatoms. The maximum absolute atomic E-state index is 12.5. The molecule has 1 atom stereocenters. The normalized spacial score (nSPS) is 16.6. The Balaban J connectivity index is 0.00000341. The van der Waals surface area contributed by atoms with Crippen LogP contribution in [0.1, 0.15) is 24.0 Å². The number of halogens is 1. The van der Waals surface area contributed by atoms with Crippen LogP contribution in [0.15, 0.2) is 64.5 Å². The molecule has 1 aliphatic heterocycles. The van der Waals surface area contributed by atoms with Crippen molar-refractivity contribution < 1.29 is 13.2 Å². The predicted molar refractivity (Wildman–Crippen MR) is 134 cm³/mol. The Kier molecular flexibility index (Phi) is 10.2. The zero-order valence-electron chi connectivity index (χ0n) is 18.0. The van der Waals surface area contributed by atoms with Gasteiger partial charge in [-0.2, -0.15) is 0 Å². The second-order valence-corrected chi connectivity index (χ2v) is 9.27. The molecule has 0 saturated carbocycles. The van der Waals surface area contributed by atoms with Crippen LogP contribution < -0.4 is 10.0 Å². The summed E-state index contributed by atoms with van der Waals surface area (Å²) in [5, 5.41) is 3.32. The van der Waals surface area contributed by atoms with Crippen molar-refractivity contribution in [3.05, 3.63) is 65.7 Å². The van der Waals surface area contributed by atoms with Gasteiger partial charge in [-0.25, -0.2) is 18.1 Å². The van der Waals surface area contributed by atoms with Gasteiger partial charge in [0.15, 0.2) is 5.96 Å². The van der Waals surface area contributed by atoms with Crippen molar-refractivity contribution in [1.82, 2.24) is 14.9 Å². The molecule has 1 fully saturated rings. The molecule has 0 spiro atoms. The fourth-order valence-corrected chi connectivity index (χ4v) is 4.23. The van der Waals surface area contributed by atoms with E-state index >= 15 is 0 Å². The molecule has 2 aromatic rings. The van der Waals surface area contributed by atoms with Crippen LogP contribution >= 0.6 is 24.0 Å². The van der Waals surface area contributed by atoms with Gasteiger partial charge in [0.25, 0.3) is 0 Å². The van der Waals surface area contributed by atoms with Crippen LogP contribution in [0.4, 0.5) is 0 Å². The minimum absolute atomic E-state index is 0. The fraction of sp³-hybridized carbons (Fsp3) is 0.409. The third kappa shape index (κ3) is 8.06. The molecule has 2 aromatic carbocycles. The highest BCUT2D eigenvalue weighted by Gasteiger charge is 2.20. The highest BCUT2D eigenvalue weighted by Crippen LogP contribution is 2.14. The quantitative estimate of drug-likeness (QED) is 0.296. The number of hydrogen-bond donors (Lipinski definition) is 2. The van der Waals surface area contributed by atoms with Gasteiger partial charge < -0.3 is 15.0 Å². The summed E-state index contributed by atoms with van der Waals surface area (Å²) < 4.78 is 33.0. The SMILES string of the molecule is CN(C)C(=NCc1ccccc1)NCc1ccc(S(=O)(=O)NCC2CCCO2)cc1.I. The van der Waals surface area contributed by atoms with Crippen molar-refractivity contribution in [1.29, 1.82) is 0 Å². The number of guanidine groups is 1. The fourth-order valence-electron chi connectivity index (χ4n) is 3.16. The average molecular weight is 558 g/mol. The van der Waals surface area contributed by atoms with Crippen molar-refractivity contribution in [3.8, 4) is 0 Å². The molecule has 0 aromatic heterocycles. The topological polar surface area (TPSA) is 83.0 Å².